The third-order valence-corrected chi connectivity index (χ3v) is 5.33. The van der Waals surface area contributed by atoms with Gasteiger partial charge in [0.05, 0.1) is 4.20 Å². The monoisotopic (exact) mass is 336 g/mol. The molecular formula is C17H24N2OS2. The number of phenols is 1. The molecule has 3 N–H and O–H groups in total. The van der Waals surface area contributed by atoms with Crippen molar-refractivity contribution in [1.82, 2.24) is 10.6 Å². The van der Waals surface area contributed by atoms with Crippen molar-refractivity contribution in [3.63, 3.8) is 0 Å². The van der Waals surface area contributed by atoms with Crippen LogP contribution < -0.4 is 10.6 Å². The van der Waals surface area contributed by atoms with Crippen LogP contribution in [0.3, 0.4) is 0 Å². The van der Waals surface area contributed by atoms with Crippen molar-refractivity contribution >= 4 is 28.2 Å². The summed E-state index contributed by atoms with van der Waals surface area (Å²) < 4.78 is 1.02. The summed E-state index contributed by atoms with van der Waals surface area (Å²) >= 11 is 7.07. The van der Waals surface area contributed by atoms with E-state index in [0.717, 1.165) is 35.7 Å². The van der Waals surface area contributed by atoms with Gasteiger partial charge in [-0.15, -0.1) is 11.8 Å². The second kappa shape index (κ2) is 8.56. The molecule has 0 aromatic heterocycles. The van der Waals surface area contributed by atoms with Crippen LogP contribution in [0.15, 0.2) is 35.5 Å². The van der Waals surface area contributed by atoms with Gasteiger partial charge in [0.25, 0.3) is 0 Å². The number of para-hydroxylation sites is 1. The summed E-state index contributed by atoms with van der Waals surface area (Å²) in [5, 5.41) is 16.8. The minimum absolute atomic E-state index is 0.132. The summed E-state index contributed by atoms with van der Waals surface area (Å²) in [6, 6.07) is 7.60. The molecule has 2 rings (SSSR count). The Bertz CT molecular complexity index is 557. The summed E-state index contributed by atoms with van der Waals surface area (Å²) in [6.45, 7) is 3.78. The zero-order valence-corrected chi connectivity index (χ0v) is 14.8. The largest absolute Gasteiger partial charge is 0.508 e. The first-order valence-electron chi connectivity index (χ1n) is 7.69. The van der Waals surface area contributed by atoms with Crippen molar-refractivity contribution < 1.29 is 5.11 Å². The Kier molecular flexibility index (Phi) is 6.73. The zero-order valence-electron chi connectivity index (χ0n) is 13.2. The summed E-state index contributed by atoms with van der Waals surface area (Å²) in [5.74, 6) is 0.349. The third-order valence-electron chi connectivity index (χ3n) is 3.97. The van der Waals surface area contributed by atoms with Crippen LogP contribution in [0.5, 0.6) is 5.75 Å². The molecule has 0 aliphatic heterocycles. The van der Waals surface area contributed by atoms with Gasteiger partial charge < -0.3 is 15.7 Å². The summed E-state index contributed by atoms with van der Waals surface area (Å²) in [4.78, 5) is 0. The predicted molar refractivity (Wildman–Crippen MR) is 99.5 cm³/mol. The van der Waals surface area contributed by atoms with Crippen LogP contribution >= 0.6 is 24.0 Å². The van der Waals surface area contributed by atoms with Crippen LogP contribution in [0.1, 0.15) is 37.8 Å². The lowest BCUT2D eigenvalue weighted by Crippen LogP contribution is -2.29. The van der Waals surface area contributed by atoms with Gasteiger partial charge in [-0.2, -0.15) is 0 Å². The minimum Gasteiger partial charge on any atom is -0.508 e. The second-order valence-electron chi connectivity index (χ2n) is 5.46. The Morgan fingerprint density at radius 1 is 1.32 bits per heavy atom. The van der Waals surface area contributed by atoms with E-state index in [0.29, 0.717) is 5.75 Å². The van der Waals surface area contributed by atoms with Gasteiger partial charge in [-0.3, -0.25) is 0 Å². The van der Waals surface area contributed by atoms with Gasteiger partial charge in [0.1, 0.15) is 5.75 Å². The van der Waals surface area contributed by atoms with Crippen molar-refractivity contribution in [3.8, 4) is 5.75 Å². The van der Waals surface area contributed by atoms with Crippen LogP contribution in [0.25, 0.3) is 0 Å². The van der Waals surface area contributed by atoms with E-state index in [9.17, 15) is 5.11 Å². The van der Waals surface area contributed by atoms with Crippen LogP contribution in [0.4, 0.5) is 0 Å². The fraction of sp³-hybridized carbons (Fsp3) is 0.471. The Morgan fingerprint density at radius 2 is 2.09 bits per heavy atom. The number of phenolic OH excluding ortho intramolecular Hbond substituents is 1. The fourth-order valence-electron chi connectivity index (χ4n) is 2.75. The molecule has 3 nitrogen and oxygen atoms in total. The van der Waals surface area contributed by atoms with Crippen LogP contribution in [-0.4, -0.2) is 28.6 Å². The number of nitrogens with one attached hydrogen (secondary N) is 2. The van der Waals surface area contributed by atoms with E-state index in [1.54, 1.807) is 17.8 Å². The van der Waals surface area contributed by atoms with Gasteiger partial charge in [0.2, 0.25) is 0 Å². The third kappa shape index (κ3) is 4.48. The van der Waals surface area contributed by atoms with E-state index in [1.807, 2.05) is 24.5 Å². The lowest BCUT2D eigenvalue weighted by atomic mass is 10.1. The summed E-state index contributed by atoms with van der Waals surface area (Å²) in [5.41, 5.74) is 3.58. The van der Waals surface area contributed by atoms with E-state index in [-0.39, 0.29) is 6.04 Å². The first-order chi connectivity index (χ1) is 10.6. The van der Waals surface area contributed by atoms with Crippen molar-refractivity contribution in [2.75, 3.05) is 19.3 Å². The van der Waals surface area contributed by atoms with E-state index in [1.165, 1.54) is 17.7 Å². The number of thioether (sulfide) groups is 1. The number of hydrogen-bond donors (Lipinski definition) is 3. The lowest BCUT2D eigenvalue weighted by Gasteiger charge is -2.17. The predicted octanol–water partition coefficient (Wildman–Crippen LogP) is 3.76. The molecule has 0 saturated heterocycles. The highest BCUT2D eigenvalue weighted by molar-refractivity contribution is 8.23. The molecule has 1 aromatic carbocycles. The highest BCUT2D eigenvalue weighted by Crippen LogP contribution is 2.28. The Morgan fingerprint density at radius 3 is 2.82 bits per heavy atom. The number of rotatable bonds is 7. The van der Waals surface area contributed by atoms with Gasteiger partial charge >= 0.3 is 0 Å². The van der Waals surface area contributed by atoms with E-state index < -0.39 is 0 Å². The molecule has 0 spiro atoms. The normalized spacial score (nSPS) is 15.9. The SMILES string of the molecule is CSC(=S)C1=C(NCCNC(C)c2ccccc2O)CCC1. The average molecular weight is 337 g/mol. The quantitative estimate of drug-likeness (QED) is 0.523. The number of aromatic hydroxyl groups is 1. The van der Waals surface area contributed by atoms with Crippen molar-refractivity contribution in [1.29, 1.82) is 0 Å². The number of hydrogen-bond acceptors (Lipinski definition) is 5. The van der Waals surface area contributed by atoms with E-state index in [2.05, 4.69) is 17.6 Å². The minimum atomic E-state index is 0.132. The molecule has 22 heavy (non-hydrogen) atoms. The second-order valence-corrected chi connectivity index (χ2v) is 6.95. The number of allylic oxidation sites excluding steroid dienone is 1. The molecular weight excluding hydrogens is 312 g/mol. The fourth-order valence-corrected chi connectivity index (χ4v) is 3.45. The molecule has 1 atom stereocenters. The van der Waals surface area contributed by atoms with Gasteiger partial charge in [0, 0.05) is 30.4 Å². The molecule has 1 aromatic rings. The van der Waals surface area contributed by atoms with E-state index in [4.69, 9.17) is 12.2 Å². The topological polar surface area (TPSA) is 44.3 Å². The molecule has 5 heteroatoms. The van der Waals surface area contributed by atoms with Crippen LogP contribution in [0, 0.1) is 0 Å². The first-order valence-corrected chi connectivity index (χ1v) is 9.32. The highest BCUT2D eigenvalue weighted by Gasteiger charge is 2.17. The number of benzene rings is 1. The van der Waals surface area contributed by atoms with Crippen LogP contribution in [-0.2, 0) is 0 Å². The molecule has 0 radical (unpaired) electrons. The van der Waals surface area contributed by atoms with Gasteiger partial charge in [-0.05, 0) is 44.1 Å². The maximum Gasteiger partial charge on any atom is 0.120 e. The molecule has 0 heterocycles. The maximum absolute atomic E-state index is 9.85. The Hall–Kier alpha value is -1.04. The van der Waals surface area contributed by atoms with Crippen molar-refractivity contribution in [3.05, 3.63) is 41.1 Å². The van der Waals surface area contributed by atoms with Crippen molar-refractivity contribution in [2.45, 2.75) is 32.2 Å². The van der Waals surface area contributed by atoms with Gasteiger partial charge in [-0.1, -0.05) is 30.4 Å². The Balaban J connectivity index is 1.80. The summed E-state index contributed by atoms with van der Waals surface area (Å²) in [6.07, 6.45) is 5.44. The maximum atomic E-state index is 9.85. The molecule has 1 aliphatic carbocycles. The first kappa shape index (κ1) is 17.3. The van der Waals surface area contributed by atoms with Crippen LogP contribution in [0.2, 0.25) is 0 Å². The number of thiocarbonyl (C=S) groups is 1. The lowest BCUT2D eigenvalue weighted by molar-refractivity contribution is 0.452. The summed E-state index contributed by atoms with van der Waals surface area (Å²) in [7, 11) is 0. The van der Waals surface area contributed by atoms with E-state index >= 15 is 0 Å². The highest BCUT2D eigenvalue weighted by atomic mass is 32.2. The average Bonchev–Trinajstić information content (AvgIpc) is 2.99. The zero-order chi connectivity index (χ0) is 15.9. The smallest absolute Gasteiger partial charge is 0.120 e. The molecule has 0 bridgehead atoms. The molecule has 120 valence electrons. The van der Waals surface area contributed by atoms with Gasteiger partial charge in [0.15, 0.2) is 0 Å². The molecule has 1 unspecified atom stereocenters. The molecule has 0 amide bonds. The van der Waals surface area contributed by atoms with Gasteiger partial charge in [-0.25, -0.2) is 0 Å². The Labute approximate surface area is 142 Å². The molecule has 0 saturated carbocycles. The van der Waals surface area contributed by atoms with Crippen molar-refractivity contribution in [2.24, 2.45) is 0 Å². The standard InChI is InChI=1S/C17H24N2OS2/c1-12(13-6-3-4-9-16(13)20)18-10-11-19-15-8-5-7-14(15)17(21)22-2/h3-4,6,9,12,18-20H,5,7-8,10-11H2,1-2H3. The molecule has 1 aliphatic rings. The molecule has 0 fully saturated rings.